The maximum atomic E-state index is 11.4. The summed E-state index contributed by atoms with van der Waals surface area (Å²) in [6.45, 7) is 1.78. The van der Waals surface area contributed by atoms with Crippen molar-refractivity contribution in [3.05, 3.63) is 34.9 Å². The van der Waals surface area contributed by atoms with Crippen molar-refractivity contribution in [2.45, 2.75) is 32.0 Å². The summed E-state index contributed by atoms with van der Waals surface area (Å²) < 4.78 is 0. The van der Waals surface area contributed by atoms with Crippen molar-refractivity contribution in [1.82, 2.24) is 4.90 Å². The van der Waals surface area contributed by atoms with Gasteiger partial charge < -0.3 is 5.11 Å². The molecule has 4 heteroatoms. The van der Waals surface area contributed by atoms with Gasteiger partial charge in [0.2, 0.25) is 0 Å². The smallest absolute Gasteiger partial charge is 0.377 e. The molecule has 1 aliphatic heterocycles. The maximum absolute atomic E-state index is 11.4. The second-order valence-corrected chi connectivity index (χ2v) is 4.75. The standard InChI is InChI=1S/C13H13NO3/c15-12(13(16)17)8-1-2-9-6-14(11-3-4-11)7-10(9)5-8/h1-2,5,11H,3-4,6-7H2,(H,16,17). The molecule has 0 saturated heterocycles. The number of fused-ring (bicyclic) bond motifs is 1. The minimum absolute atomic E-state index is 0.286. The van der Waals surface area contributed by atoms with Gasteiger partial charge in [0.1, 0.15) is 0 Å². The van der Waals surface area contributed by atoms with E-state index in [0.717, 1.165) is 18.7 Å². The van der Waals surface area contributed by atoms with Crippen LogP contribution in [0.3, 0.4) is 0 Å². The molecule has 2 aliphatic rings. The number of hydrogen-bond donors (Lipinski definition) is 1. The average Bonchev–Trinajstić information content (AvgIpc) is 3.07. The van der Waals surface area contributed by atoms with Crippen LogP contribution < -0.4 is 0 Å². The van der Waals surface area contributed by atoms with Gasteiger partial charge in [-0.2, -0.15) is 0 Å². The Morgan fingerprint density at radius 2 is 1.88 bits per heavy atom. The molecule has 1 saturated carbocycles. The number of benzene rings is 1. The van der Waals surface area contributed by atoms with Crippen LogP contribution in [0.1, 0.15) is 34.3 Å². The zero-order valence-electron chi connectivity index (χ0n) is 9.35. The molecule has 1 aromatic rings. The molecule has 1 fully saturated rings. The van der Waals surface area contributed by atoms with Crippen molar-refractivity contribution >= 4 is 11.8 Å². The van der Waals surface area contributed by atoms with Crippen molar-refractivity contribution in [2.24, 2.45) is 0 Å². The highest BCUT2D eigenvalue weighted by Crippen LogP contribution is 2.34. The van der Waals surface area contributed by atoms with Crippen LogP contribution in [-0.4, -0.2) is 27.8 Å². The monoisotopic (exact) mass is 231 g/mol. The summed E-state index contributed by atoms with van der Waals surface area (Å²) in [5.41, 5.74) is 2.61. The van der Waals surface area contributed by atoms with Gasteiger partial charge in [-0.05, 0) is 30.0 Å². The topological polar surface area (TPSA) is 57.6 Å². The molecule has 0 spiro atoms. The lowest BCUT2D eigenvalue weighted by atomic mass is 10.0. The molecule has 0 bridgehead atoms. The molecule has 0 atom stereocenters. The molecule has 1 aliphatic carbocycles. The number of carbonyl (C=O) groups excluding carboxylic acids is 1. The normalized spacial score (nSPS) is 19.1. The third kappa shape index (κ3) is 1.85. The van der Waals surface area contributed by atoms with E-state index in [2.05, 4.69) is 4.90 Å². The van der Waals surface area contributed by atoms with Crippen LogP contribution in [0.4, 0.5) is 0 Å². The molecule has 3 rings (SSSR count). The summed E-state index contributed by atoms with van der Waals surface area (Å²) >= 11 is 0. The van der Waals surface area contributed by atoms with Crippen LogP contribution in [0.15, 0.2) is 18.2 Å². The molecule has 4 nitrogen and oxygen atoms in total. The fraction of sp³-hybridized carbons (Fsp3) is 0.385. The van der Waals surface area contributed by atoms with Gasteiger partial charge in [0.05, 0.1) is 0 Å². The SMILES string of the molecule is O=C(O)C(=O)c1ccc2c(c1)CN(C1CC1)C2. The summed E-state index contributed by atoms with van der Waals surface area (Å²) in [6.07, 6.45) is 2.52. The Hall–Kier alpha value is -1.68. The Bertz CT molecular complexity index is 505. The lowest BCUT2D eigenvalue weighted by Crippen LogP contribution is -2.18. The van der Waals surface area contributed by atoms with Gasteiger partial charge in [-0.15, -0.1) is 0 Å². The number of carboxylic acids is 1. The first-order chi connectivity index (χ1) is 8.15. The highest BCUT2D eigenvalue weighted by molar-refractivity contribution is 6.39. The molecule has 0 aromatic heterocycles. The Labute approximate surface area is 98.9 Å². The Balaban J connectivity index is 1.86. The minimum Gasteiger partial charge on any atom is -0.475 e. The van der Waals surface area contributed by atoms with E-state index in [1.807, 2.05) is 6.07 Å². The first-order valence-electron chi connectivity index (χ1n) is 5.78. The summed E-state index contributed by atoms with van der Waals surface area (Å²) in [5, 5.41) is 8.67. The fourth-order valence-corrected chi connectivity index (χ4v) is 2.38. The van der Waals surface area contributed by atoms with Crippen molar-refractivity contribution in [3.63, 3.8) is 0 Å². The molecule has 0 amide bonds. The zero-order valence-corrected chi connectivity index (χ0v) is 9.35. The first kappa shape index (κ1) is 10.5. The van der Waals surface area contributed by atoms with Gasteiger partial charge in [-0.3, -0.25) is 9.69 Å². The fourth-order valence-electron chi connectivity index (χ4n) is 2.38. The number of aliphatic carboxylic acids is 1. The maximum Gasteiger partial charge on any atom is 0.377 e. The zero-order chi connectivity index (χ0) is 12.0. The molecule has 0 radical (unpaired) electrons. The van der Waals surface area contributed by atoms with Gasteiger partial charge >= 0.3 is 5.97 Å². The molecule has 17 heavy (non-hydrogen) atoms. The largest absolute Gasteiger partial charge is 0.475 e. The van der Waals surface area contributed by atoms with Crippen molar-refractivity contribution in [1.29, 1.82) is 0 Å². The minimum atomic E-state index is -1.39. The Morgan fingerprint density at radius 1 is 1.18 bits per heavy atom. The van der Waals surface area contributed by atoms with Gasteiger partial charge in [0.25, 0.3) is 5.78 Å². The predicted octanol–water partition coefficient (Wildman–Crippen LogP) is 1.43. The Morgan fingerprint density at radius 3 is 2.53 bits per heavy atom. The van der Waals surface area contributed by atoms with Gasteiger partial charge in [-0.1, -0.05) is 12.1 Å². The Kier molecular flexibility index (Phi) is 2.26. The van der Waals surface area contributed by atoms with Gasteiger partial charge in [0, 0.05) is 24.7 Å². The second kappa shape index (κ2) is 3.67. The predicted molar refractivity (Wildman–Crippen MR) is 60.7 cm³/mol. The number of carboxylic acid groups (broad SMARTS) is 1. The van der Waals surface area contributed by atoms with Crippen LogP contribution in [0.2, 0.25) is 0 Å². The molecule has 1 aromatic carbocycles. The van der Waals surface area contributed by atoms with E-state index in [9.17, 15) is 9.59 Å². The lowest BCUT2D eigenvalue weighted by molar-refractivity contribution is -0.131. The molecule has 0 unspecified atom stereocenters. The number of carbonyl (C=O) groups is 2. The number of nitrogens with zero attached hydrogens (tertiary/aromatic N) is 1. The second-order valence-electron chi connectivity index (χ2n) is 4.75. The summed E-state index contributed by atoms with van der Waals surface area (Å²) in [5.74, 6) is -2.21. The van der Waals surface area contributed by atoms with Crippen LogP contribution in [0.25, 0.3) is 0 Å². The van der Waals surface area contributed by atoms with Crippen LogP contribution >= 0.6 is 0 Å². The molecule has 1 heterocycles. The lowest BCUT2D eigenvalue weighted by Gasteiger charge is -2.11. The van der Waals surface area contributed by atoms with E-state index in [1.54, 1.807) is 12.1 Å². The first-order valence-corrected chi connectivity index (χ1v) is 5.78. The third-order valence-corrected chi connectivity index (χ3v) is 3.47. The molecular weight excluding hydrogens is 218 g/mol. The van der Waals surface area contributed by atoms with Crippen LogP contribution in [0, 0.1) is 0 Å². The summed E-state index contributed by atoms with van der Waals surface area (Å²) in [6, 6.07) is 5.93. The molecular formula is C13H13NO3. The third-order valence-electron chi connectivity index (χ3n) is 3.47. The van der Waals surface area contributed by atoms with Gasteiger partial charge in [0.15, 0.2) is 0 Å². The van der Waals surface area contributed by atoms with E-state index in [4.69, 9.17) is 5.11 Å². The van der Waals surface area contributed by atoms with Gasteiger partial charge in [-0.25, -0.2) is 4.79 Å². The van der Waals surface area contributed by atoms with Crippen molar-refractivity contribution in [2.75, 3.05) is 0 Å². The van der Waals surface area contributed by atoms with E-state index in [0.29, 0.717) is 6.04 Å². The number of hydrogen-bond acceptors (Lipinski definition) is 3. The average molecular weight is 231 g/mol. The number of Topliss-reactive ketones (excluding diaryl/α,β-unsaturated/α-hetero) is 1. The van der Waals surface area contributed by atoms with E-state index < -0.39 is 11.8 Å². The summed E-state index contributed by atoms with van der Waals surface area (Å²) in [4.78, 5) is 24.4. The highest BCUT2D eigenvalue weighted by atomic mass is 16.4. The summed E-state index contributed by atoms with van der Waals surface area (Å²) in [7, 11) is 0. The van der Waals surface area contributed by atoms with Crippen molar-refractivity contribution < 1.29 is 14.7 Å². The van der Waals surface area contributed by atoms with Crippen LogP contribution in [-0.2, 0) is 17.9 Å². The number of rotatable bonds is 3. The van der Waals surface area contributed by atoms with E-state index in [-0.39, 0.29) is 5.56 Å². The number of ketones is 1. The van der Waals surface area contributed by atoms with Crippen molar-refractivity contribution in [3.8, 4) is 0 Å². The van der Waals surface area contributed by atoms with E-state index in [1.165, 1.54) is 18.4 Å². The van der Waals surface area contributed by atoms with E-state index >= 15 is 0 Å². The molecule has 88 valence electrons. The highest BCUT2D eigenvalue weighted by Gasteiger charge is 2.33. The quantitative estimate of drug-likeness (QED) is 0.631. The van der Waals surface area contributed by atoms with Crippen LogP contribution in [0.5, 0.6) is 0 Å². The molecule has 1 N–H and O–H groups in total.